The van der Waals surface area contributed by atoms with Crippen LogP contribution in [0.1, 0.15) is 5.56 Å². The van der Waals surface area contributed by atoms with E-state index >= 15 is 0 Å². The smallest absolute Gasteiger partial charge is 0.165 e. The van der Waals surface area contributed by atoms with Gasteiger partial charge in [0.2, 0.25) is 0 Å². The van der Waals surface area contributed by atoms with Crippen molar-refractivity contribution in [3.05, 3.63) is 66.1 Å². The number of para-hydroxylation sites is 1. The molecule has 1 heterocycles. The molecule has 0 amide bonds. The molecule has 3 aromatic rings. The first-order valence-corrected chi connectivity index (χ1v) is 7.55. The number of aromatic nitrogens is 1. The molecule has 0 fully saturated rings. The van der Waals surface area contributed by atoms with E-state index in [1.54, 1.807) is 24.0 Å². The Morgan fingerprint density at radius 3 is 2.81 bits per heavy atom. The van der Waals surface area contributed by atoms with Crippen molar-refractivity contribution in [2.24, 2.45) is 0 Å². The van der Waals surface area contributed by atoms with E-state index in [-0.39, 0.29) is 11.6 Å². The molecule has 0 N–H and O–H groups in total. The van der Waals surface area contributed by atoms with Gasteiger partial charge in [-0.3, -0.25) is 4.98 Å². The number of benzene rings is 2. The number of thioether (sulfide) groups is 1. The van der Waals surface area contributed by atoms with Crippen LogP contribution in [0.4, 0.5) is 4.39 Å². The lowest BCUT2D eigenvalue weighted by atomic mass is 10.2. The molecule has 0 bridgehead atoms. The normalized spacial score (nSPS) is 10.8. The molecule has 0 saturated heterocycles. The van der Waals surface area contributed by atoms with Crippen LogP contribution in [0, 0.1) is 5.82 Å². The molecule has 21 heavy (non-hydrogen) atoms. The number of methoxy groups -OCH3 is 1. The van der Waals surface area contributed by atoms with E-state index in [0.717, 1.165) is 21.4 Å². The third-order valence-corrected chi connectivity index (χ3v) is 4.36. The summed E-state index contributed by atoms with van der Waals surface area (Å²) >= 11 is 1.68. The second-order valence-corrected chi connectivity index (χ2v) is 5.60. The van der Waals surface area contributed by atoms with E-state index in [9.17, 15) is 4.39 Å². The van der Waals surface area contributed by atoms with Crippen LogP contribution in [-0.2, 0) is 5.75 Å². The fourth-order valence-corrected chi connectivity index (χ4v) is 3.14. The van der Waals surface area contributed by atoms with Crippen molar-refractivity contribution in [2.75, 3.05) is 7.11 Å². The lowest BCUT2D eigenvalue weighted by Crippen LogP contribution is -1.90. The maximum Gasteiger partial charge on any atom is 0.165 e. The number of rotatable bonds is 4. The average Bonchev–Trinajstić information content (AvgIpc) is 2.53. The molecule has 0 unspecified atom stereocenters. The maximum atomic E-state index is 13.7. The molecule has 0 saturated carbocycles. The minimum absolute atomic E-state index is 0.276. The van der Waals surface area contributed by atoms with Crippen molar-refractivity contribution in [2.45, 2.75) is 10.6 Å². The summed E-state index contributed by atoms with van der Waals surface area (Å²) in [7, 11) is 1.47. The molecular weight excluding hydrogens is 285 g/mol. The Kier molecular flexibility index (Phi) is 4.06. The first-order valence-electron chi connectivity index (χ1n) is 6.57. The van der Waals surface area contributed by atoms with Crippen molar-refractivity contribution < 1.29 is 9.13 Å². The van der Waals surface area contributed by atoms with E-state index < -0.39 is 0 Å². The summed E-state index contributed by atoms with van der Waals surface area (Å²) in [6.07, 6.45) is 1.80. The largest absolute Gasteiger partial charge is 0.494 e. The van der Waals surface area contributed by atoms with Crippen LogP contribution in [0.2, 0.25) is 0 Å². The number of hydrogen-bond donors (Lipinski definition) is 0. The third-order valence-electron chi connectivity index (χ3n) is 3.22. The van der Waals surface area contributed by atoms with Crippen LogP contribution >= 0.6 is 11.8 Å². The Balaban J connectivity index is 1.82. The van der Waals surface area contributed by atoms with Crippen LogP contribution < -0.4 is 4.74 Å². The van der Waals surface area contributed by atoms with Crippen LogP contribution in [0.25, 0.3) is 10.9 Å². The van der Waals surface area contributed by atoms with E-state index in [2.05, 4.69) is 11.1 Å². The van der Waals surface area contributed by atoms with E-state index in [1.165, 1.54) is 13.2 Å². The molecule has 1 aromatic heterocycles. The second kappa shape index (κ2) is 6.14. The highest BCUT2D eigenvalue weighted by molar-refractivity contribution is 7.98. The molecule has 2 nitrogen and oxygen atoms in total. The summed E-state index contributed by atoms with van der Waals surface area (Å²) in [5, 5.41) is 1.12. The van der Waals surface area contributed by atoms with Gasteiger partial charge < -0.3 is 4.74 Å². The van der Waals surface area contributed by atoms with E-state index in [1.807, 2.05) is 30.3 Å². The zero-order valence-electron chi connectivity index (χ0n) is 11.5. The highest BCUT2D eigenvalue weighted by atomic mass is 32.2. The number of hydrogen-bond acceptors (Lipinski definition) is 3. The summed E-state index contributed by atoms with van der Waals surface area (Å²) in [5.41, 5.74) is 1.91. The molecule has 0 aliphatic heterocycles. The van der Waals surface area contributed by atoms with Gasteiger partial charge in [-0.25, -0.2) is 4.39 Å². The Labute approximate surface area is 127 Å². The fourth-order valence-electron chi connectivity index (χ4n) is 2.16. The minimum atomic E-state index is -0.324. The zero-order chi connectivity index (χ0) is 14.7. The van der Waals surface area contributed by atoms with Gasteiger partial charge in [-0.15, -0.1) is 11.8 Å². The van der Waals surface area contributed by atoms with Gasteiger partial charge in [0.15, 0.2) is 11.6 Å². The summed E-state index contributed by atoms with van der Waals surface area (Å²) < 4.78 is 18.6. The highest BCUT2D eigenvalue weighted by Gasteiger charge is 2.06. The highest BCUT2D eigenvalue weighted by Crippen LogP contribution is 2.30. The standard InChI is InChI=1S/C17H14FNOS/c1-20-16-7-6-12(10-14(16)18)11-21-17-8-9-19-15-5-3-2-4-13(15)17/h2-10H,11H2,1H3. The topological polar surface area (TPSA) is 22.1 Å². The Hall–Kier alpha value is -2.07. The minimum Gasteiger partial charge on any atom is -0.494 e. The van der Waals surface area contributed by atoms with Crippen LogP contribution in [0.3, 0.4) is 0 Å². The molecule has 0 aliphatic rings. The van der Waals surface area contributed by atoms with Crippen molar-refractivity contribution in [3.63, 3.8) is 0 Å². The summed E-state index contributed by atoms with van der Waals surface area (Å²) in [6.45, 7) is 0. The van der Waals surface area contributed by atoms with Gasteiger partial charge in [0.05, 0.1) is 12.6 Å². The second-order valence-electron chi connectivity index (χ2n) is 4.58. The van der Waals surface area contributed by atoms with Gasteiger partial charge in [0.25, 0.3) is 0 Å². The SMILES string of the molecule is COc1ccc(CSc2ccnc3ccccc23)cc1F. The summed E-state index contributed by atoms with van der Waals surface area (Å²) in [5.74, 6) is 0.655. The Morgan fingerprint density at radius 1 is 1.14 bits per heavy atom. The Morgan fingerprint density at radius 2 is 2.00 bits per heavy atom. The fraction of sp³-hybridized carbons (Fsp3) is 0.118. The Bertz CT molecular complexity index is 770. The van der Waals surface area contributed by atoms with Crippen LogP contribution in [0.5, 0.6) is 5.75 Å². The number of fused-ring (bicyclic) bond motifs is 1. The van der Waals surface area contributed by atoms with E-state index in [4.69, 9.17) is 4.74 Å². The number of pyridine rings is 1. The monoisotopic (exact) mass is 299 g/mol. The summed E-state index contributed by atoms with van der Waals surface area (Å²) in [6, 6.07) is 15.1. The van der Waals surface area contributed by atoms with Crippen molar-refractivity contribution in [1.82, 2.24) is 4.98 Å². The van der Waals surface area contributed by atoms with Gasteiger partial charge in [-0.1, -0.05) is 24.3 Å². The molecule has 2 aromatic carbocycles. The third kappa shape index (κ3) is 3.00. The van der Waals surface area contributed by atoms with Gasteiger partial charge >= 0.3 is 0 Å². The van der Waals surface area contributed by atoms with Gasteiger partial charge in [-0.05, 0) is 29.8 Å². The first-order chi connectivity index (χ1) is 10.3. The molecular formula is C17H14FNOS. The predicted molar refractivity (Wildman–Crippen MR) is 84.3 cm³/mol. The number of ether oxygens (including phenoxy) is 1. The molecule has 0 radical (unpaired) electrons. The van der Waals surface area contributed by atoms with Crippen LogP contribution in [0.15, 0.2) is 59.6 Å². The molecule has 4 heteroatoms. The van der Waals surface area contributed by atoms with Gasteiger partial charge in [0, 0.05) is 22.2 Å². The number of nitrogens with zero attached hydrogens (tertiary/aromatic N) is 1. The quantitative estimate of drug-likeness (QED) is 0.653. The first kappa shape index (κ1) is 13.9. The number of halogens is 1. The predicted octanol–water partition coefficient (Wildman–Crippen LogP) is 4.67. The molecule has 106 valence electrons. The maximum absolute atomic E-state index is 13.7. The molecule has 0 atom stereocenters. The van der Waals surface area contributed by atoms with Gasteiger partial charge in [-0.2, -0.15) is 0 Å². The molecule has 0 aliphatic carbocycles. The van der Waals surface area contributed by atoms with Gasteiger partial charge in [0.1, 0.15) is 0 Å². The lowest BCUT2D eigenvalue weighted by Gasteiger charge is -2.07. The lowest BCUT2D eigenvalue weighted by molar-refractivity contribution is 0.386. The summed E-state index contributed by atoms with van der Waals surface area (Å²) in [4.78, 5) is 5.49. The van der Waals surface area contributed by atoms with E-state index in [0.29, 0.717) is 5.75 Å². The van der Waals surface area contributed by atoms with Crippen molar-refractivity contribution >= 4 is 22.7 Å². The van der Waals surface area contributed by atoms with Crippen LogP contribution in [-0.4, -0.2) is 12.1 Å². The zero-order valence-corrected chi connectivity index (χ0v) is 12.4. The van der Waals surface area contributed by atoms with Crippen molar-refractivity contribution in [1.29, 1.82) is 0 Å². The molecule has 0 spiro atoms. The molecule has 3 rings (SSSR count). The van der Waals surface area contributed by atoms with Crippen molar-refractivity contribution in [3.8, 4) is 5.75 Å². The average molecular weight is 299 g/mol.